The van der Waals surface area contributed by atoms with E-state index in [4.69, 9.17) is 4.52 Å². The van der Waals surface area contributed by atoms with Crippen molar-refractivity contribution in [1.82, 2.24) is 9.36 Å². The van der Waals surface area contributed by atoms with Gasteiger partial charge in [-0.3, -0.25) is 34.3 Å². The summed E-state index contributed by atoms with van der Waals surface area (Å²) < 4.78 is 24.0. The van der Waals surface area contributed by atoms with Crippen molar-refractivity contribution in [3.8, 4) is 11.4 Å². The second-order valence-electron chi connectivity index (χ2n) is 9.40. The smallest absolute Gasteiger partial charge is 0.307 e. The third kappa shape index (κ3) is 5.64. The third-order valence-electron chi connectivity index (χ3n) is 6.76. The number of benzene rings is 4. The van der Waals surface area contributed by atoms with Crippen molar-refractivity contribution in [2.45, 2.75) is 6.92 Å². The molecule has 0 radical (unpaired) electrons. The molecule has 0 fully saturated rings. The largest absolute Gasteiger partial charge is 0.436 e. The number of nitro benzene ring substituents is 2. The summed E-state index contributed by atoms with van der Waals surface area (Å²) in [5.41, 5.74) is 0.807. The first-order valence-corrected chi connectivity index (χ1v) is 14.5. The van der Waals surface area contributed by atoms with Gasteiger partial charge in [-0.1, -0.05) is 42.5 Å². The molecule has 0 spiro atoms. The fourth-order valence-corrected chi connectivity index (χ4v) is 6.60. The van der Waals surface area contributed by atoms with Gasteiger partial charge in [0.25, 0.3) is 16.9 Å². The Labute approximate surface area is 244 Å². The number of non-ortho nitro benzene ring substituents is 2. The van der Waals surface area contributed by atoms with Gasteiger partial charge < -0.3 is 4.52 Å². The van der Waals surface area contributed by atoms with E-state index in [9.17, 15) is 29.6 Å². The lowest BCUT2D eigenvalue weighted by Crippen LogP contribution is -2.21. The molecule has 1 heterocycles. The lowest BCUT2D eigenvalue weighted by atomic mass is 10.2. The lowest BCUT2D eigenvalue weighted by molar-refractivity contribution is -0.384. The predicted molar refractivity (Wildman–Crippen MR) is 163 cm³/mol. The number of hydrogen-bond acceptors (Lipinski definition) is 8. The molecule has 0 bridgehead atoms. The van der Waals surface area contributed by atoms with Crippen LogP contribution < -0.4 is 20.7 Å². The molecule has 4 aromatic carbocycles. The molecule has 0 atom stereocenters. The summed E-state index contributed by atoms with van der Waals surface area (Å²) in [6.45, 7) is 1.76. The Morgan fingerprint density at radius 2 is 1.37 bits per heavy atom. The number of nitrogens with zero attached hydrogens (tertiary/aromatic N) is 5. The van der Waals surface area contributed by atoms with Crippen molar-refractivity contribution in [3.05, 3.63) is 145 Å². The van der Waals surface area contributed by atoms with Crippen molar-refractivity contribution >= 4 is 41.3 Å². The molecule has 0 aliphatic rings. The Morgan fingerprint density at radius 1 is 0.814 bits per heavy atom. The van der Waals surface area contributed by atoms with Crippen molar-refractivity contribution in [1.29, 1.82) is 0 Å². The highest BCUT2D eigenvalue weighted by Crippen LogP contribution is 2.47. The normalized spacial score (nSPS) is 11.5. The maximum absolute atomic E-state index is 14.7. The topological polar surface area (TPSA) is 152 Å². The van der Waals surface area contributed by atoms with Crippen LogP contribution in [0.4, 0.5) is 17.1 Å². The quantitative estimate of drug-likeness (QED) is 0.0960. The molecule has 0 aliphatic heterocycles. The molecule has 43 heavy (non-hydrogen) atoms. The van der Waals surface area contributed by atoms with E-state index in [0.29, 0.717) is 16.9 Å². The molecule has 216 valence electrons. The molecule has 12 nitrogen and oxygen atoms in total. The Bertz CT molecular complexity index is 1940. The summed E-state index contributed by atoms with van der Waals surface area (Å²) in [6.07, 6.45) is 1.40. The van der Waals surface area contributed by atoms with Crippen LogP contribution in [0.1, 0.15) is 11.3 Å². The summed E-state index contributed by atoms with van der Waals surface area (Å²) in [7, 11) is -2.46. The van der Waals surface area contributed by atoms with E-state index in [1.54, 1.807) is 49.0 Å². The zero-order valence-electron chi connectivity index (χ0n) is 22.9. The molecule has 13 heteroatoms. The zero-order chi connectivity index (χ0) is 30.7. The first kappa shape index (κ1) is 28.9. The molecular formula is C30H24N5O7P. The highest BCUT2D eigenvalue weighted by atomic mass is 31.2. The minimum atomic E-state index is -4.21. The van der Waals surface area contributed by atoms with Crippen molar-refractivity contribution in [2.75, 3.05) is 0 Å². The second-order valence-corrected chi connectivity index (χ2v) is 11.7. The van der Waals surface area contributed by atoms with Crippen LogP contribution in [-0.4, -0.2) is 25.4 Å². The highest BCUT2D eigenvalue weighted by Gasteiger charge is 2.33. The molecule has 5 aromatic rings. The number of aliphatic imine (C=N–C) groups is 1. The molecule has 0 aliphatic carbocycles. The first-order valence-electron chi connectivity index (χ1n) is 12.9. The fourth-order valence-electron chi connectivity index (χ4n) is 4.48. The minimum Gasteiger partial charge on any atom is -0.436 e. The number of aromatic nitrogens is 2. The summed E-state index contributed by atoms with van der Waals surface area (Å²) in [5.74, 6) is 0.0876. The molecule has 5 rings (SSSR count). The Morgan fingerprint density at radius 3 is 1.95 bits per heavy atom. The van der Waals surface area contributed by atoms with Gasteiger partial charge in [-0.25, -0.2) is 9.67 Å². The van der Waals surface area contributed by atoms with Crippen LogP contribution in [0.5, 0.6) is 5.75 Å². The lowest BCUT2D eigenvalue weighted by Gasteiger charge is -2.21. The van der Waals surface area contributed by atoms with Crippen LogP contribution in [0.2, 0.25) is 0 Å². The second kappa shape index (κ2) is 11.7. The van der Waals surface area contributed by atoms with Crippen molar-refractivity contribution in [3.63, 3.8) is 0 Å². The van der Waals surface area contributed by atoms with Gasteiger partial charge in [-0.2, -0.15) is 0 Å². The van der Waals surface area contributed by atoms with Gasteiger partial charge in [-0.05, 0) is 43.3 Å². The van der Waals surface area contributed by atoms with Crippen LogP contribution in [0.25, 0.3) is 5.69 Å². The van der Waals surface area contributed by atoms with Gasteiger partial charge >= 0.3 is 7.37 Å². The van der Waals surface area contributed by atoms with E-state index >= 15 is 0 Å². The van der Waals surface area contributed by atoms with Crippen LogP contribution in [-0.2, 0) is 11.6 Å². The van der Waals surface area contributed by atoms with Crippen LogP contribution in [0.15, 0.2) is 113 Å². The standard InChI is InChI=1S/C30H24N5O7P/c1-21-29(30(36)33(32(21)2)23-11-4-3-5-12-23)31-20-22-10-6-7-17-28(22)42-43(41,26-15-8-13-24(18-26)34(37)38)27-16-9-14-25(19-27)35(39)40/h3-20H,1-2H3. The van der Waals surface area contributed by atoms with E-state index in [1.165, 1.54) is 53.4 Å². The van der Waals surface area contributed by atoms with Crippen molar-refractivity contribution in [2.24, 2.45) is 12.0 Å². The summed E-state index contributed by atoms with van der Waals surface area (Å²) >= 11 is 0. The summed E-state index contributed by atoms with van der Waals surface area (Å²) in [6, 6.07) is 25.9. The van der Waals surface area contributed by atoms with E-state index in [0.717, 1.165) is 12.1 Å². The zero-order valence-corrected chi connectivity index (χ0v) is 23.8. The Hall–Kier alpha value is -5.61. The number of para-hydroxylation sites is 2. The molecule has 0 saturated carbocycles. The molecule has 0 unspecified atom stereocenters. The van der Waals surface area contributed by atoms with Gasteiger partial charge in [0.1, 0.15) is 5.75 Å². The molecule has 0 N–H and O–H groups in total. The average molecular weight is 598 g/mol. The summed E-state index contributed by atoms with van der Waals surface area (Å²) in [5, 5.41) is 22.9. The maximum atomic E-state index is 14.7. The van der Waals surface area contributed by atoms with Crippen LogP contribution >= 0.6 is 7.37 Å². The van der Waals surface area contributed by atoms with Crippen molar-refractivity contribution < 1.29 is 18.9 Å². The number of hydrogen-bond donors (Lipinski definition) is 0. The number of rotatable bonds is 9. The SMILES string of the molecule is Cc1c(N=Cc2ccccc2OP(=O)(c2cccc([N+](=O)[O-])c2)c2cccc([N+](=O)[O-])c2)c(=O)n(-c2ccccc2)n1C. The van der Waals surface area contributed by atoms with E-state index < -0.39 is 17.2 Å². The van der Waals surface area contributed by atoms with Gasteiger partial charge in [-0.15, -0.1) is 0 Å². The maximum Gasteiger partial charge on any atom is 0.307 e. The minimum absolute atomic E-state index is 0.0291. The fraction of sp³-hybridized carbons (Fsp3) is 0.0667. The monoisotopic (exact) mass is 597 g/mol. The predicted octanol–water partition coefficient (Wildman–Crippen LogP) is 5.36. The number of nitro groups is 2. The molecule has 0 saturated heterocycles. The Balaban J connectivity index is 1.60. The van der Waals surface area contributed by atoms with Gasteiger partial charge in [0.05, 0.1) is 31.8 Å². The average Bonchev–Trinajstić information content (AvgIpc) is 3.23. The van der Waals surface area contributed by atoms with E-state index in [2.05, 4.69) is 4.99 Å². The van der Waals surface area contributed by atoms with Crippen LogP contribution in [0, 0.1) is 27.2 Å². The first-order chi connectivity index (χ1) is 20.6. The Kier molecular flexibility index (Phi) is 7.87. The van der Waals surface area contributed by atoms with Gasteiger partial charge in [0, 0.05) is 43.1 Å². The van der Waals surface area contributed by atoms with Gasteiger partial charge in [0.2, 0.25) is 0 Å². The van der Waals surface area contributed by atoms with Crippen LogP contribution in [0.3, 0.4) is 0 Å². The molecular weight excluding hydrogens is 573 g/mol. The summed E-state index contributed by atoms with van der Waals surface area (Å²) in [4.78, 5) is 39.5. The third-order valence-corrected chi connectivity index (χ3v) is 9.13. The van der Waals surface area contributed by atoms with Gasteiger partial charge in [0.15, 0.2) is 5.69 Å². The highest BCUT2D eigenvalue weighted by molar-refractivity contribution is 7.74. The van der Waals surface area contributed by atoms with E-state index in [-0.39, 0.29) is 39.0 Å². The molecule has 0 amide bonds. The molecule has 1 aromatic heterocycles. The van der Waals surface area contributed by atoms with E-state index in [1.807, 2.05) is 18.2 Å².